The van der Waals surface area contributed by atoms with E-state index in [0.29, 0.717) is 24.0 Å². The van der Waals surface area contributed by atoms with Gasteiger partial charge in [-0.15, -0.1) is 0 Å². The summed E-state index contributed by atoms with van der Waals surface area (Å²) in [6.07, 6.45) is -11.4. The second-order valence-corrected chi connectivity index (χ2v) is 26.6. The smallest absolute Gasteiger partial charge is 0.351 e. The molecule has 0 spiro atoms. The second kappa shape index (κ2) is 28.8. The third-order valence-electron chi connectivity index (χ3n) is 17.9. The van der Waals surface area contributed by atoms with Crippen LogP contribution in [0.5, 0.6) is 0 Å². The Bertz CT molecular complexity index is 3070. The largest absolute Gasteiger partial charge is 0.389 e. The molecular formula is C65H88F6N10O8. The summed E-state index contributed by atoms with van der Waals surface area (Å²) in [6, 6.07) is 11.5. The zero-order valence-electron chi connectivity index (χ0n) is 52.5. The maximum absolute atomic E-state index is 15.0. The minimum absolute atomic E-state index is 0.0383. The minimum Gasteiger partial charge on any atom is -0.351 e. The summed E-state index contributed by atoms with van der Waals surface area (Å²) in [4.78, 5) is 118. The van der Waals surface area contributed by atoms with Crippen LogP contribution in [-0.4, -0.2) is 132 Å². The van der Waals surface area contributed by atoms with Crippen LogP contribution in [0.25, 0.3) is 0 Å². The highest BCUT2D eigenvalue weighted by atomic mass is 19.4. The molecule has 89 heavy (non-hydrogen) atoms. The SMILES string of the molecule is CN[C@@H](C)C(=O)N[C@H](C(=O)N1Cc2cc(NC(=O)[C@@H](CCC(F)(F)F)[C@@H](CCC(F)(F)F)C(=O)N[C@H]3C[C@@H](C(=O)N[C@@H]4CCCc5ccccc54)N(C(=O)[C@@H](NC(=O)[C@H](C)NC)C(C)(C)C)C3)ccc2C[C@H]1C(=O)N[C@@H]1CCCc2ccccc21)C(C)(C)C. The van der Waals surface area contributed by atoms with E-state index < -0.39 is 163 Å². The number of carbonyl (C=O) groups is 8. The summed E-state index contributed by atoms with van der Waals surface area (Å²) >= 11 is 0. The molecule has 4 aliphatic rings. The molecule has 8 amide bonds. The van der Waals surface area contributed by atoms with Gasteiger partial charge in [-0.1, -0.05) is 96.1 Å². The fraction of sp³-hybridized carbons (Fsp3) is 0.600. The molecule has 0 unspecified atom stereocenters. The van der Waals surface area contributed by atoms with E-state index in [-0.39, 0.29) is 31.1 Å². The number of nitrogens with one attached hydrogen (secondary N) is 8. The first-order valence-electron chi connectivity index (χ1n) is 30.9. The van der Waals surface area contributed by atoms with Crippen molar-refractivity contribution in [2.24, 2.45) is 22.7 Å². The zero-order chi connectivity index (χ0) is 65.5. The molecule has 1 saturated heterocycles. The minimum atomic E-state index is -4.93. The summed E-state index contributed by atoms with van der Waals surface area (Å²) in [5, 5.41) is 22.8. The lowest BCUT2D eigenvalue weighted by atomic mass is 9.82. The van der Waals surface area contributed by atoms with Gasteiger partial charge < -0.3 is 52.3 Å². The van der Waals surface area contributed by atoms with E-state index in [1.807, 2.05) is 48.5 Å². The molecule has 2 heterocycles. The Morgan fingerprint density at radius 2 is 1.01 bits per heavy atom. The molecule has 0 bridgehead atoms. The number of alkyl halides is 6. The monoisotopic (exact) mass is 1250 g/mol. The molecule has 8 N–H and O–H groups in total. The fourth-order valence-corrected chi connectivity index (χ4v) is 12.5. The Morgan fingerprint density at radius 3 is 1.48 bits per heavy atom. The van der Waals surface area contributed by atoms with Gasteiger partial charge >= 0.3 is 12.4 Å². The molecule has 3 aromatic carbocycles. The summed E-state index contributed by atoms with van der Waals surface area (Å²) in [5.74, 6) is -9.90. The lowest BCUT2D eigenvalue weighted by Gasteiger charge is -2.42. The van der Waals surface area contributed by atoms with Crippen molar-refractivity contribution in [3.63, 3.8) is 0 Å². The standard InChI is InChI=1S/C65H88F6N10O8/c1-36(72-9)54(82)78-52(62(3,4)5)60(88)80-34-41-31-42(26-25-40(41)32-50(80)58(86)76-48-23-15-19-38-17-11-13-21-44(38)48)74-56(84)46(27-29-64(66,67)68)47(28-30-65(69,70)71)57(85)75-43-33-51(59(87)77-49-24-16-20-39-18-12-14-22-45(39)49)81(35-43)61(89)53(63(6,7)8)79-55(83)37(2)73-10/h11-14,17-18,21-22,25-26,31,36-37,43,46-53,72-73H,15-16,19-20,23-24,27-30,32-35H2,1-10H3,(H,74,84)(H,75,85)(H,76,86)(H,77,87)(H,78,82)(H,79,83)/t36-,37-,43-,46-,47+,48+,49+,50-,51-,52+,53+/m0/s1. The van der Waals surface area contributed by atoms with Gasteiger partial charge in [-0.25, -0.2) is 0 Å². The second-order valence-electron chi connectivity index (χ2n) is 26.6. The number of nitrogens with zero attached hydrogens (tertiary/aromatic N) is 2. The van der Waals surface area contributed by atoms with Crippen molar-refractivity contribution in [1.82, 2.24) is 47.0 Å². The van der Waals surface area contributed by atoms with Gasteiger partial charge in [0.15, 0.2) is 0 Å². The van der Waals surface area contributed by atoms with Crippen LogP contribution >= 0.6 is 0 Å². The van der Waals surface area contributed by atoms with Gasteiger partial charge in [-0.2, -0.15) is 26.3 Å². The van der Waals surface area contributed by atoms with E-state index in [0.717, 1.165) is 47.9 Å². The summed E-state index contributed by atoms with van der Waals surface area (Å²) < 4.78 is 85.7. The number of likely N-dealkylation sites (N-methyl/N-ethyl adjacent to an activating group) is 2. The molecule has 488 valence electrons. The lowest BCUT2D eigenvalue weighted by Crippen LogP contribution is -2.62. The Morgan fingerprint density at radius 1 is 0.551 bits per heavy atom. The third kappa shape index (κ3) is 17.9. The molecule has 11 atom stereocenters. The Labute approximate surface area is 517 Å². The predicted octanol–water partition coefficient (Wildman–Crippen LogP) is 7.55. The van der Waals surface area contributed by atoms with Crippen LogP contribution in [0.1, 0.15) is 159 Å². The molecule has 0 radical (unpaired) electrons. The lowest BCUT2D eigenvalue weighted by molar-refractivity contribution is -0.151. The highest BCUT2D eigenvalue weighted by Gasteiger charge is 2.49. The Balaban J connectivity index is 1.20. The Kier molecular flexibility index (Phi) is 22.5. The molecule has 2 aliphatic carbocycles. The quantitative estimate of drug-likeness (QED) is 0.0488. The summed E-state index contributed by atoms with van der Waals surface area (Å²) in [6.45, 7) is 12.9. The number of rotatable bonds is 21. The highest BCUT2D eigenvalue weighted by Crippen LogP contribution is 2.38. The average Bonchev–Trinajstić information content (AvgIpc) is 1.71. The number of fused-ring (bicyclic) bond motifs is 3. The molecule has 1 fully saturated rings. The van der Waals surface area contributed by atoms with E-state index in [4.69, 9.17) is 0 Å². The van der Waals surface area contributed by atoms with Crippen molar-refractivity contribution in [2.45, 2.75) is 206 Å². The van der Waals surface area contributed by atoms with Gasteiger partial charge in [0.25, 0.3) is 0 Å². The van der Waals surface area contributed by atoms with Crippen molar-refractivity contribution in [3.8, 4) is 0 Å². The molecule has 3 aromatic rings. The van der Waals surface area contributed by atoms with E-state index in [9.17, 15) is 59.9 Å². The van der Waals surface area contributed by atoms with Crippen molar-refractivity contribution >= 4 is 52.9 Å². The van der Waals surface area contributed by atoms with Gasteiger partial charge in [0, 0.05) is 50.0 Å². The molecule has 2 aliphatic heterocycles. The van der Waals surface area contributed by atoms with Gasteiger partial charge in [0.05, 0.1) is 30.1 Å². The molecule has 7 rings (SSSR count). The first-order chi connectivity index (χ1) is 41.7. The zero-order valence-corrected chi connectivity index (χ0v) is 52.5. The van der Waals surface area contributed by atoms with Gasteiger partial charge in [0.2, 0.25) is 47.3 Å². The van der Waals surface area contributed by atoms with Crippen LogP contribution in [0, 0.1) is 22.7 Å². The highest BCUT2D eigenvalue weighted by molar-refractivity contribution is 5.98. The van der Waals surface area contributed by atoms with Crippen LogP contribution in [0.2, 0.25) is 0 Å². The third-order valence-corrected chi connectivity index (χ3v) is 17.9. The number of amides is 8. The van der Waals surface area contributed by atoms with E-state index in [1.54, 1.807) is 75.6 Å². The molecular weight excluding hydrogens is 1160 g/mol. The van der Waals surface area contributed by atoms with Gasteiger partial charge in [0.1, 0.15) is 24.2 Å². The van der Waals surface area contributed by atoms with Crippen molar-refractivity contribution in [2.75, 3.05) is 26.0 Å². The summed E-state index contributed by atoms with van der Waals surface area (Å²) in [7, 11) is 3.14. The molecule has 18 nitrogen and oxygen atoms in total. The topological polar surface area (TPSA) is 239 Å². The van der Waals surface area contributed by atoms with Crippen LogP contribution in [0.3, 0.4) is 0 Å². The summed E-state index contributed by atoms with van der Waals surface area (Å²) in [5.41, 5.74) is 3.01. The first-order valence-corrected chi connectivity index (χ1v) is 30.9. The van der Waals surface area contributed by atoms with E-state index >= 15 is 4.79 Å². The van der Waals surface area contributed by atoms with Crippen LogP contribution in [0.15, 0.2) is 66.7 Å². The molecule has 0 aromatic heterocycles. The maximum Gasteiger partial charge on any atom is 0.389 e. The fourth-order valence-electron chi connectivity index (χ4n) is 12.5. The van der Waals surface area contributed by atoms with Crippen LogP contribution < -0.4 is 42.5 Å². The number of aryl methyl sites for hydroxylation is 2. The van der Waals surface area contributed by atoms with E-state index in [1.165, 1.54) is 21.9 Å². The number of hydrogen-bond donors (Lipinski definition) is 8. The Hall–Kier alpha value is -7.08. The predicted molar refractivity (Wildman–Crippen MR) is 323 cm³/mol. The first kappa shape index (κ1) is 69.4. The maximum atomic E-state index is 15.0. The average molecular weight is 1250 g/mol. The van der Waals surface area contributed by atoms with Gasteiger partial charge in [-0.3, -0.25) is 38.4 Å². The van der Waals surface area contributed by atoms with Crippen LogP contribution in [0.4, 0.5) is 32.0 Å². The van der Waals surface area contributed by atoms with Crippen molar-refractivity contribution in [3.05, 3.63) is 100 Å². The molecule has 24 heteroatoms. The van der Waals surface area contributed by atoms with Crippen molar-refractivity contribution in [1.29, 1.82) is 0 Å². The van der Waals surface area contributed by atoms with Crippen molar-refractivity contribution < 1.29 is 64.7 Å². The molecule has 0 saturated carbocycles. The number of anilines is 1. The van der Waals surface area contributed by atoms with Crippen LogP contribution in [-0.2, 0) is 64.2 Å². The number of likely N-dealkylation sites (tertiary alicyclic amines) is 1. The number of halogens is 6. The number of hydrogen-bond acceptors (Lipinski definition) is 10. The normalized spacial score (nSPS) is 21.5. The van der Waals surface area contributed by atoms with Gasteiger partial charge in [-0.05, 0) is 142 Å². The number of carbonyl (C=O) groups excluding carboxylic acids is 8. The number of benzene rings is 3. The van der Waals surface area contributed by atoms with E-state index in [2.05, 4.69) is 42.5 Å².